The SMILES string of the molecule is O=c1cc(O)n(C2CCS(=O)CC2)c(=O)[nH]1. The fourth-order valence-corrected chi connectivity index (χ4v) is 3.16. The Bertz CT molecular complexity index is 523. The van der Waals surface area contributed by atoms with E-state index < -0.39 is 22.0 Å². The van der Waals surface area contributed by atoms with Crippen molar-refractivity contribution < 1.29 is 9.32 Å². The average molecular weight is 244 g/mol. The lowest BCUT2D eigenvalue weighted by molar-refractivity contribution is 0.347. The van der Waals surface area contributed by atoms with Crippen LogP contribution in [0, 0.1) is 0 Å². The molecule has 1 aliphatic rings. The molecule has 0 radical (unpaired) electrons. The molecule has 0 spiro atoms. The van der Waals surface area contributed by atoms with Crippen molar-refractivity contribution in [2.24, 2.45) is 0 Å². The summed E-state index contributed by atoms with van der Waals surface area (Å²) in [5.41, 5.74) is -1.22. The fourth-order valence-electron chi connectivity index (χ4n) is 1.88. The molecule has 7 heteroatoms. The van der Waals surface area contributed by atoms with E-state index in [0.717, 1.165) is 10.6 Å². The van der Waals surface area contributed by atoms with Crippen LogP contribution in [0.5, 0.6) is 5.88 Å². The molecule has 2 heterocycles. The third-order valence-corrected chi connectivity index (χ3v) is 4.06. The number of nitrogens with zero attached hydrogens (tertiary/aromatic N) is 1. The van der Waals surface area contributed by atoms with Crippen LogP contribution in [-0.2, 0) is 10.8 Å². The standard InChI is InChI=1S/C9H12N2O4S/c12-7-5-8(13)11(9(14)10-7)6-1-3-16(15)4-2-6/h5-6,13H,1-4H2,(H,10,12,14). The summed E-state index contributed by atoms with van der Waals surface area (Å²) in [6.07, 6.45) is 1.15. The molecule has 1 aromatic rings. The van der Waals surface area contributed by atoms with Crippen LogP contribution in [0.3, 0.4) is 0 Å². The summed E-state index contributed by atoms with van der Waals surface area (Å²) in [7, 11) is -0.821. The van der Waals surface area contributed by atoms with Crippen molar-refractivity contribution in [2.75, 3.05) is 11.5 Å². The molecule has 1 saturated heterocycles. The Hall–Kier alpha value is -1.37. The highest BCUT2D eigenvalue weighted by Gasteiger charge is 2.22. The molecule has 1 aliphatic heterocycles. The molecule has 1 fully saturated rings. The summed E-state index contributed by atoms with van der Waals surface area (Å²) < 4.78 is 12.3. The van der Waals surface area contributed by atoms with Crippen molar-refractivity contribution in [1.82, 2.24) is 9.55 Å². The molecular formula is C9H12N2O4S. The van der Waals surface area contributed by atoms with Gasteiger partial charge in [0.2, 0.25) is 5.88 Å². The first kappa shape index (κ1) is 11.1. The lowest BCUT2D eigenvalue weighted by Gasteiger charge is -2.23. The Balaban J connectivity index is 2.37. The number of aromatic nitrogens is 2. The molecule has 88 valence electrons. The molecule has 0 atom stereocenters. The zero-order valence-electron chi connectivity index (χ0n) is 8.51. The third kappa shape index (κ3) is 2.08. The van der Waals surface area contributed by atoms with Gasteiger partial charge in [0.15, 0.2) is 0 Å². The maximum atomic E-state index is 11.5. The van der Waals surface area contributed by atoms with Gasteiger partial charge in [-0.3, -0.25) is 18.6 Å². The monoisotopic (exact) mass is 244 g/mol. The van der Waals surface area contributed by atoms with Crippen molar-refractivity contribution in [3.05, 3.63) is 26.9 Å². The highest BCUT2D eigenvalue weighted by atomic mass is 32.2. The van der Waals surface area contributed by atoms with E-state index in [2.05, 4.69) is 4.98 Å². The van der Waals surface area contributed by atoms with Gasteiger partial charge >= 0.3 is 5.69 Å². The van der Waals surface area contributed by atoms with Gasteiger partial charge in [-0.1, -0.05) is 0 Å². The van der Waals surface area contributed by atoms with Crippen molar-refractivity contribution in [3.8, 4) is 5.88 Å². The maximum absolute atomic E-state index is 11.5. The van der Waals surface area contributed by atoms with Gasteiger partial charge < -0.3 is 5.11 Å². The van der Waals surface area contributed by atoms with E-state index in [-0.39, 0.29) is 11.9 Å². The van der Waals surface area contributed by atoms with Gasteiger partial charge in [-0.2, -0.15) is 0 Å². The Morgan fingerprint density at radius 3 is 2.56 bits per heavy atom. The molecule has 0 bridgehead atoms. The predicted octanol–water partition coefficient (Wildman–Crippen LogP) is -0.674. The van der Waals surface area contributed by atoms with Gasteiger partial charge in [0.25, 0.3) is 5.56 Å². The molecular weight excluding hydrogens is 232 g/mol. The molecule has 0 amide bonds. The van der Waals surface area contributed by atoms with Crippen molar-refractivity contribution in [1.29, 1.82) is 0 Å². The van der Waals surface area contributed by atoms with E-state index in [1.165, 1.54) is 0 Å². The Labute approximate surface area is 93.4 Å². The zero-order valence-corrected chi connectivity index (χ0v) is 9.33. The first-order valence-electron chi connectivity index (χ1n) is 4.98. The molecule has 2 rings (SSSR count). The molecule has 6 nitrogen and oxygen atoms in total. The number of aromatic amines is 1. The van der Waals surface area contributed by atoms with E-state index in [9.17, 15) is 18.9 Å². The van der Waals surface area contributed by atoms with Crippen LogP contribution in [-0.4, -0.2) is 30.4 Å². The van der Waals surface area contributed by atoms with E-state index >= 15 is 0 Å². The maximum Gasteiger partial charge on any atom is 0.331 e. The first-order valence-corrected chi connectivity index (χ1v) is 6.46. The van der Waals surface area contributed by atoms with Crippen LogP contribution < -0.4 is 11.2 Å². The molecule has 0 saturated carbocycles. The summed E-state index contributed by atoms with van der Waals surface area (Å²) in [6, 6.07) is 0.800. The molecule has 0 unspecified atom stereocenters. The van der Waals surface area contributed by atoms with Crippen LogP contribution in [0.1, 0.15) is 18.9 Å². The lowest BCUT2D eigenvalue weighted by Crippen LogP contribution is -2.34. The normalized spacial score (nSPS) is 25.5. The Morgan fingerprint density at radius 2 is 2.00 bits per heavy atom. The fraction of sp³-hybridized carbons (Fsp3) is 0.556. The summed E-state index contributed by atoms with van der Waals surface area (Å²) in [5.74, 6) is 0.720. The number of rotatable bonds is 1. The summed E-state index contributed by atoms with van der Waals surface area (Å²) in [6.45, 7) is 0. The van der Waals surface area contributed by atoms with Gasteiger partial charge in [-0.25, -0.2) is 4.79 Å². The minimum Gasteiger partial charge on any atom is -0.494 e. The molecule has 0 aromatic carbocycles. The number of hydrogen-bond acceptors (Lipinski definition) is 4. The molecule has 16 heavy (non-hydrogen) atoms. The quantitative estimate of drug-likeness (QED) is 0.685. The van der Waals surface area contributed by atoms with E-state index in [1.807, 2.05) is 0 Å². The van der Waals surface area contributed by atoms with E-state index in [4.69, 9.17) is 0 Å². The topological polar surface area (TPSA) is 92.2 Å². The number of nitrogens with one attached hydrogen (secondary N) is 1. The molecule has 1 aromatic heterocycles. The number of H-pyrrole nitrogens is 1. The van der Waals surface area contributed by atoms with Gasteiger partial charge in [-0.05, 0) is 12.8 Å². The van der Waals surface area contributed by atoms with Crippen molar-refractivity contribution in [2.45, 2.75) is 18.9 Å². The highest BCUT2D eigenvalue weighted by Crippen LogP contribution is 2.23. The predicted molar refractivity (Wildman–Crippen MR) is 59.1 cm³/mol. The van der Waals surface area contributed by atoms with Crippen LogP contribution in [0.15, 0.2) is 15.7 Å². The lowest BCUT2D eigenvalue weighted by atomic mass is 10.1. The van der Waals surface area contributed by atoms with Gasteiger partial charge in [0.05, 0.1) is 6.07 Å². The summed E-state index contributed by atoms with van der Waals surface area (Å²) in [4.78, 5) is 24.5. The van der Waals surface area contributed by atoms with Gasteiger partial charge in [0.1, 0.15) is 0 Å². The van der Waals surface area contributed by atoms with Crippen LogP contribution in [0.2, 0.25) is 0 Å². The highest BCUT2D eigenvalue weighted by molar-refractivity contribution is 7.85. The first-order chi connectivity index (χ1) is 7.58. The van der Waals surface area contributed by atoms with Crippen LogP contribution >= 0.6 is 0 Å². The zero-order chi connectivity index (χ0) is 11.7. The second-order valence-corrected chi connectivity index (χ2v) is 5.44. The second-order valence-electron chi connectivity index (χ2n) is 3.75. The number of hydrogen-bond donors (Lipinski definition) is 2. The van der Waals surface area contributed by atoms with Crippen LogP contribution in [0.4, 0.5) is 0 Å². The average Bonchev–Trinajstić information content (AvgIpc) is 2.19. The molecule has 2 N–H and O–H groups in total. The van der Waals surface area contributed by atoms with Crippen molar-refractivity contribution >= 4 is 10.8 Å². The summed E-state index contributed by atoms with van der Waals surface area (Å²) >= 11 is 0. The van der Waals surface area contributed by atoms with E-state index in [1.54, 1.807) is 0 Å². The Kier molecular flexibility index (Phi) is 2.95. The van der Waals surface area contributed by atoms with E-state index in [0.29, 0.717) is 24.3 Å². The largest absolute Gasteiger partial charge is 0.494 e. The van der Waals surface area contributed by atoms with Gasteiger partial charge in [-0.15, -0.1) is 0 Å². The van der Waals surface area contributed by atoms with Crippen molar-refractivity contribution in [3.63, 3.8) is 0 Å². The third-order valence-electron chi connectivity index (χ3n) is 2.68. The summed E-state index contributed by atoms with van der Waals surface area (Å²) in [5, 5.41) is 9.56. The minimum atomic E-state index is -0.821. The second kappa shape index (κ2) is 4.25. The molecule has 0 aliphatic carbocycles. The van der Waals surface area contributed by atoms with Gasteiger partial charge in [0, 0.05) is 28.3 Å². The smallest absolute Gasteiger partial charge is 0.331 e. The Morgan fingerprint density at radius 1 is 1.38 bits per heavy atom. The van der Waals surface area contributed by atoms with Crippen LogP contribution in [0.25, 0.3) is 0 Å². The minimum absolute atomic E-state index is 0.179. The number of aromatic hydroxyl groups is 1.